The second-order valence-corrected chi connectivity index (χ2v) is 11.4. The van der Waals surface area contributed by atoms with E-state index in [1.54, 1.807) is 3.13 Å². The fourth-order valence-electron chi connectivity index (χ4n) is 3.46. The van der Waals surface area contributed by atoms with Gasteiger partial charge < -0.3 is 0 Å². The van der Waals surface area contributed by atoms with Crippen LogP contribution in [0.25, 0.3) is 40.3 Å². The van der Waals surface area contributed by atoms with Crippen molar-refractivity contribution in [1.82, 2.24) is 4.98 Å². The molecule has 3 aromatic heterocycles. The first-order valence-corrected chi connectivity index (χ1v) is 11.4. The van der Waals surface area contributed by atoms with Crippen molar-refractivity contribution in [3.63, 3.8) is 0 Å². The fourth-order valence-corrected chi connectivity index (χ4v) is 9.14. The summed E-state index contributed by atoms with van der Waals surface area (Å²) in [5.74, 6) is 0. The molecule has 116 valence electrons. The molecule has 0 spiro atoms. The summed E-state index contributed by atoms with van der Waals surface area (Å²) < 4.78 is 5.31. The topological polar surface area (TPSA) is 16.8 Å². The SMILES string of the molecule is Cc1c(-c2c3[se]c4[se]ccc4c3nc[n+]2C)ccc2ccccc12. The van der Waals surface area contributed by atoms with Gasteiger partial charge in [-0.15, -0.1) is 0 Å². The summed E-state index contributed by atoms with van der Waals surface area (Å²) in [6.45, 7) is 2.25. The Bertz CT molecular complexity index is 1230. The first-order chi connectivity index (χ1) is 11.7. The van der Waals surface area contributed by atoms with Gasteiger partial charge in [-0.25, -0.2) is 0 Å². The van der Waals surface area contributed by atoms with Crippen molar-refractivity contribution in [2.45, 2.75) is 6.92 Å². The molecule has 0 aliphatic carbocycles. The molecule has 24 heavy (non-hydrogen) atoms. The van der Waals surface area contributed by atoms with Gasteiger partial charge in [-0.3, -0.25) is 0 Å². The molecule has 0 saturated heterocycles. The van der Waals surface area contributed by atoms with Crippen molar-refractivity contribution in [2.75, 3.05) is 0 Å². The van der Waals surface area contributed by atoms with Gasteiger partial charge in [0.15, 0.2) is 0 Å². The minimum atomic E-state index is 0.410. The zero-order valence-electron chi connectivity index (χ0n) is 13.4. The summed E-state index contributed by atoms with van der Waals surface area (Å²) in [7, 11) is 2.12. The van der Waals surface area contributed by atoms with E-state index in [0.29, 0.717) is 29.0 Å². The van der Waals surface area contributed by atoms with Gasteiger partial charge in [-0.2, -0.15) is 0 Å². The molecular formula is C20H15N2Se2+. The standard InChI is InChI=1S/C20H15N2Se2/c1-12-14-6-4-3-5-13(14)7-8-15(12)18-19-17(21-11-22(18)2)16-9-10-23-20(16)24-19/h3-11H,1-2H3/q+1. The number of hydrogen-bond donors (Lipinski definition) is 0. The van der Waals surface area contributed by atoms with Gasteiger partial charge in [0.1, 0.15) is 0 Å². The van der Waals surface area contributed by atoms with E-state index in [0.717, 1.165) is 0 Å². The van der Waals surface area contributed by atoms with Crippen molar-refractivity contribution >= 4 is 58.1 Å². The summed E-state index contributed by atoms with van der Waals surface area (Å²) >= 11 is 0.942. The normalized spacial score (nSPS) is 11.8. The van der Waals surface area contributed by atoms with Crippen LogP contribution < -0.4 is 4.57 Å². The molecule has 0 radical (unpaired) electrons. The molecular weight excluding hydrogens is 426 g/mol. The van der Waals surface area contributed by atoms with Crippen LogP contribution in [-0.4, -0.2) is 34.0 Å². The molecule has 2 nitrogen and oxygen atoms in total. The van der Waals surface area contributed by atoms with Gasteiger partial charge in [0.2, 0.25) is 0 Å². The molecule has 2 aromatic carbocycles. The second-order valence-electron chi connectivity index (χ2n) is 6.06. The van der Waals surface area contributed by atoms with Crippen molar-refractivity contribution in [3.8, 4) is 11.3 Å². The Morgan fingerprint density at radius 2 is 1.88 bits per heavy atom. The Morgan fingerprint density at radius 1 is 1.00 bits per heavy atom. The van der Waals surface area contributed by atoms with Crippen LogP contribution in [0.4, 0.5) is 0 Å². The van der Waals surface area contributed by atoms with Crippen LogP contribution >= 0.6 is 0 Å². The Balaban J connectivity index is 1.92. The molecule has 0 fully saturated rings. The van der Waals surface area contributed by atoms with E-state index >= 15 is 0 Å². The van der Waals surface area contributed by atoms with Crippen molar-refractivity contribution in [1.29, 1.82) is 0 Å². The monoisotopic (exact) mass is 443 g/mol. The molecule has 0 unspecified atom stereocenters. The van der Waals surface area contributed by atoms with E-state index < -0.39 is 0 Å². The number of hydrogen-bond acceptors (Lipinski definition) is 1. The maximum absolute atomic E-state index is 4.76. The van der Waals surface area contributed by atoms with Gasteiger partial charge >= 0.3 is 152 Å². The third kappa shape index (κ3) is 2.01. The summed E-state index contributed by atoms with van der Waals surface area (Å²) in [6.07, 6.45) is 1.98. The van der Waals surface area contributed by atoms with E-state index in [-0.39, 0.29) is 0 Å². The average Bonchev–Trinajstić information content (AvgIpc) is 3.17. The van der Waals surface area contributed by atoms with Gasteiger partial charge in [-0.05, 0) is 0 Å². The first-order valence-electron chi connectivity index (χ1n) is 7.87. The van der Waals surface area contributed by atoms with Crippen LogP contribution in [0.3, 0.4) is 0 Å². The van der Waals surface area contributed by atoms with Crippen LogP contribution in [-0.2, 0) is 7.05 Å². The number of aryl methyl sites for hydroxylation is 2. The number of aromatic nitrogens is 2. The third-order valence-electron chi connectivity index (χ3n) is 4.68. The predicted octanol–water partition coefficient (Wildman–Crippen LogP) is 3.46. The Labute approximate surface area is 151 Å². The second kappa shape index (κ2) is 5.40. The molecule has 0 atom stereocenters. The fraction of sp³-hybridized carbons (Fsp3) is 0.100. The quantitative estimate of drug-likeness (QED) is 0.288. The molecule has 0 aliphatic heterocycles. The third-order valence-corrected chi connectivity index (χ3v) is 10.2. The van der Waals surface area contributed by atoms with E-state index in [2.05, 4.69) is 65.9 Å². The van der Waals surface area contributed by atoms with Gasteiger partial charge in [0.05, 0.1) is 0 Å². The molecule has 5 aromatic rings. The molecule has 0 bridgehead atoms. The summed E-state index contributed by atoms with van der Waals surface area (Å²) in [4.78, 5) is 7.09. The number of fused-ring (bicyclic) bond motifs is 4. The zero-order chi connectivity index (χ0) is 16.3. The van der Waals surface area contributed by atoms with E-state index in [1.807, 2.05) is 6.33 Å². The number of rotatable bonds is 1. The van der Waals surface area contributed by atoms with Gasteiger partial charge in [-0.1, -0.05) is 0 Å². The zero-order valence-corrected chi connectivity index (χ0v) is 16.8. The molecule has 4 heteroatoms. The molecule has 0 amide bonds. The van der Waals surface area contributed by atoms with Crippen LogP contribution in [0.15, 0.2) is 53.7 Å². The van der Waals surface area contributed by atoms with Crippen molar-refractivity contribution < 1.29 is 4.57 Å². The molecule has 5 rings (SSSR count). The Hall–Kier alpha value is -1.70. The Kier molecular flexibility index (Phi) is 3.29. The first kappa shape index (κ1) is 14.6. The van der Waals surface area contributed by atoms with E-state index in [4.69, 9.17) is 4.98 Å². The van der Waals surface area contributed by atoms with Crippen molar-refractivity contribution in [2.24, 2.45) is 7.05 Å². The summed E-state index contributed by atoms with van der Waals surface area (Å²) in [5, 5.41) is 4.06. The minimum absolute atomic E-state index is 0.410. The molecule has 3 heterocycles. The predicted molar refractivity (Wildman–Crippen MR) is 102 cm³/mol. The van der Waals surface area contributed by atoms with E-state index in [9.17, 15) is 0 Å². The number of benzene rings is 2. The molecule has 0 N–H and O–H groups in total. The molecule has 0 aliphatic rings. The van der Waals surface area contributed by atoms with E-state index in [1.165, 1.54) is 42.8 Å². The number of nitrogens with zero attached hydrogens (tertiary/aromatic N) is 2. The van der Waals surface area contributed by atoms with Crippen LogP contribution in [0.2, 0.25) is 0 Å². The maximum atomic E-state index is 4.76. The average molecular weight is 441 g/mol. The van der Waals surface area contributed by atoms with Crippen molar-refractivity contribution in [3.05, 3.63) is 59.3 Å². The molecule has 0 saturated carbocycles. The summed E-state index contributed by atoms with van der Waals surface area (Å²) in [6, 6.07) is 15.5. The van der Waals surface area contributed by atoms with Crippen LogP contribution in [0.1, 0.15) is 5.56 Å². The van der Waals surface area contributed by atoms with Gasteiger partial charge in [0, 0.05) is 0 Å². The van der Waals surface area contributed by atoms with Gasteiger partial charge in [0.25, 0.3) is 0 Å². The summed E-state index contributed by atoms with van der Waals surface area (Å²) in [5.41, 5.74) is 5.28. The van der Waals surface area contributed by atoms with Crippen LogP contribution in [0, 0.1) is 6.92 Å². The Morgan fingerprint density at radius 3 is 2.79 bits per heavy atom. The van der Waals surface area contributed by atoms with Crippen LogP contribution in [0.5, 0.6) is 0 Å².